The molecule has 1 fully saturated rings. The Labute approximate surface area is 119 Å². The summed E-state index contributed by atoms with van der Waals surface area (Å²) in [5.41, 5.74) is 6.12. The van der Waals surface area contributed by atoms with Crippen molar-refractivity contribution in [2.45, 2.75) is 43.5 Å². The van der Waals surface area contributed by atoms with Crippen LogP contribution in [0.5, 0.6) is 0 Å². The highest BCUT2D eigenvalue weighted by molar-refractivity contribution is 7.89. The largest absolute Gasteiger partial charge is 0.329 e. The lowest BCUT2D eigenvalue weighted by atomic mass is 9.99. The minimum absolute atomic E-state index is 0.121. The van der Waals surface area contributed by atoms with E-state index < -0.39 is 15.8 Å². The third-order valence-electron chi connectivity index (χ3n) is 3.96. The molecule has 0 aliphatic heterocycles. The van der Waals surface area contributed by atoms with Gasteiger partial charge in [0, 0.05) is 12.6 Å². The molecule has 0 saturated heterocycles. The highest BCUT2D eigenvalue weighted by atomic mass is 32.2. The van der Waals surface area contributed by atoms with Gasteiger partial charge in [0.1, 0.15) is 5.82 Å². The topological polar surface area (TPSA) is 72.2 Å². The Balaban J connectivity index is 2.21. The van der Waals surface area contributed by atoms with Gasteiger partial charge < -0.3 is 5.73 Å². The van der Waals surface area contributed by atoms with Gasteiger partial charge in [-0.1, -0.05) is 12.8 Å². The fourth-order valence-corrected chi connectivity index (χ4v) is 4.42. The van der Waals surface area contributed by atoms with Gasteiger partial charge in [0.05, 0.1) is 4.90 Å². The summed E-state index contributed by atoms with van der Waals surface area (Å²) in [6.45, 7) is 1.87. The SMILES string of the molecule is Cc1cc(F)ccc1S(=O)(=O)NC(CN)C1CCCC1. The molecular weight excluding hydrogens is 279 g/mol. The molecule has 0 amide bonds. The first-order chi connectivity index (χ1) is 9.44. The normalized spacial score (nSPS) is 18.4. The average Bonchev–Trinajstić information content (AvgIpc) is 2.89. The first-order valence-electron chi connectivity index (χ1n) is 6.92. The first kappa shape index (κ1) is 15.4. The monoisotopic (exact) mass is 300 g/mol. The van der Waals surface area contributed by atoms with E-state index in [0.29, 0.717) is 11.5 Å². The van der Waals surface area contributed by atoms with Crippen molar-refractivity contribution in [3.8, 4) is 0 Å². The van der Waals surface area contributed by atoms with Crippen molar-refractivity contribution < 1.29 is 12.8 Å². The third kappa shape index (κ3) is 3.37. The highest BCUT2D eigenvalue weighted by Gasteiger charge is 2.29. The van der Waals surface area contributed by atoms with E-state index in [1.807, 2.05) is 0 Å². The van der Waals surface area contributed by atoms with Gasteiger partial charge in [0.15, 0.2) is 0 Å². The summed E-state index contributed by atoms with van der Waals surface area (Å²) in [7, 11) is -3.65. The number of halogens is 1. The summed E-state index contributed by atoms with van der Waals surface area (Å²) in [4.78, 5) is 0.121. The molecule has 1 aromatic rings. The number of nitrogens with two attached hydrogens (primary N) is 1. The van der Waals surface area contributed by atoms with E-state index in [0.717, 1.165) is 31.7 Å². The van der Waals surface area contributed by atoms with E-state index in [4.69, 9.17) is 5.73 Å². The van der Waals surface area contributed by atoms with Gasteiger partial charge in [-0.3, -0.25) is 0 Å². The Hall–Kier alpha value is -0.980. The first-order valence-corrected chi connectivity index (χ1v) is 8.41. The zero-order chi connectivity index (χ0) is 14.8. The molecule has 6 heteroatoms. The molecule has 4 nitrogen and oxygen atoms in total. The molecule has 112 valence electrons. The molecule has 0 bridgehead atoms. The Morgan fingerprint density at radius 1 is 1.40 bits per heavy atom. The molecule has 3 N–H and O–H groups in total. The van der Waals surface area contributed by atoms with Crippen molar-refractivity contribution in [3.63, 3.8) is 0 Å². The second kappa shape index (κ2) is 6.20. The lowest BCUT2D eigenvalue weighted by Crippen LogP contribution is -2.44. The molecular formula is C14H21FN2O2S. The second-order valence-electron chi connectivity index (χ2n) is 5.42. The Kier molecular flexibility index (Phi) is 4.78. The molecule has 1 saturated carbocycles. The summed E-state index contributed by atoms with van der Waals surface area (Å²) in [5, 5.41) is 0. The quantitative estimate of drug-likeness (QED) is 0.873. The number of benzene rings is 1. The van der Waals surface area contributed by atoms with Crippen LogP contribution >= 0.6 is 0 Å². The van der Waals surface area contributed by atoms with Crippen molar-refractivity contribution in [2.75, 3.05) is 6.54 Å². The molecule has 1 aromatic carbocycles. The zero-order valence-corrected chi connectivity index (χ0v) is 12.4. The van der Waals surface area contributed by atoms with Crippen molar-refractivity contribution in [2.24, 2.45) is 11.7 Å². The summed E-state index contributed by atoms with van der Waals surface area (Å²) in [6, 6.07) is 3.44. The van der Waals surface area contributed by atoms with Gasteiger partial charge in [0.25, 0.3) is 0 Å². The van der Waals surface area contributed by atoms with Crippen molar-refractivity contribution in [3.05, 3.63) is 29.6 Å². The van der Waals surface area contributed by atoms with E-state index in [-0.39, 0.29) is 17.5 Å². The number of hydrogen-bond donors (Lipinski definition) is 2. The van der Waals surface area contributed by atoms with Gasteiger partial charge in [0.2, 0.25) is 10.0 Å². The van der Waals surface area contributed by atoms with Crippen LogP contribution in [0.1, 0.15) is 31.2 Å². The number of rotatable bonds is 5. The second-order valence-corrected chi connectivity index (χ2v) is 7.10. The molecule has 0 heterocycles. The highest BCUT2D eigenvalue weighted by Crippen LogP contribution is 2.28. The smallest absolute Gasteiger partial charge is 0.241 e. The molecule has 0 radical (unpaired) electrons. The van der Waals surface area contributed by atoms with Crippen molar-refractivity contribution in [1.29, 1.82) is 0 Å². The fraction of sp³-hybridized carbons (Fsp3) is 0.571. The van der Waals surface area contributed by atoms with Crippen LogP contribution in [0.2, 0.25) is 0 Å². The molecule has 1 unspecified atom stereocenters. The van der Waals surface area contributed by atoms with Crippen LogP contribution in [0, 0.1) is 18.7 Å². The zero-order valence-electron chi connectivity index (χ0n) is 11.6. The predicted molar refractivity (Wildman–Crippen MR) is 76.3 cm³/mol. The van der Waals surface area contributed by atoms with Crippen LogP contribution in [0.4, 0.5) is 4.39 Å². The predicted octanol–water partition coefficient (Wildman–Crippen LogP) is 1.93. The molecule has 0 aromatic heterocycles. The molecule has 1 atom stereocenters. The van der Waals surface area contributed by atoms with Crippen LogP contribution < -0.4 is 10.5 Å². The number of sulfonamides is 1. The third-order valence-corrected chi connectivity index (χ3v) is 5.61. The van der Waals surface area contributed by atoms with Crippen molar-refractivity contribution in [1.82, 2.24) is 4.72 Å². The van der Waals surface area contributed by atoms with Gasteiger partial charge in [-0.15, -0.1) is 0 Å². The van der Waals surface area contributed by atoms with E-state index in [9.17, 15) is 12.8 Å². The van der Waals surface area contributed by atoms with Gasteiger partial charge in [-0.25, -0.2) is 17.5 Å². The maximum atomic E-state index is 13.1. The van der Waals surface area contributed by atoms with Crippen LogP contribution in [0.15, 0.2) is 23.1 Å². The van der Waals surface area contributed by atoms with Crippen LogP contribution in [0.3, 0.4) is 0 Å². The van der Waals surface area contributed by atoms with Crippen LogP contribution in [-0.4, -0.2) is 21.0 Å². The molecule has 20 heavy (non-hydrogen) atoms. The molecule has 0 spiro atoms. The Morgan fingerprint density at radius 2 is 2.05 bits per heavy atom. The summed E-state index contributed by atoms with van der Waals surface area (Å²) in [6.07, 6.45) is 4.26. The minimum Gasteiger partial charge on any atom is -0.329 e. The standard InChI is InChI=1S/C14H21FN2O2S/c1-10-8-12(15)6-7-14(10)20(18,19)17-13(9-16)11-4-2-3-5-11/h6-8,11,13,17H,2-5,9,16H2,1H3. The van der Waals surface area contributed by atoms with Crippen LogP contribution in [-0.2, 0) is 10.0 Å². The molecule has 1 aliphatic carbocycles. The van der Waals surface area contributed by atoms with E-state index in [1.165, 1.54) is 12.1 Å². The number of hydrogen-bond acceptors (Lipinski definition) is 3. The maximum Gasteiger partial charge on any atom is 0.241 e. The molecule has 1 aliphatic rings. The number of aryl methyl sites for hydroxylation is 1. The summed E-state index contributed by atoms with van der Waals surface area (Å²) < 4.78 is 40.6. The van der Waals surface area contributed by atoms with Crippen LogP contribution in [0.25, 0.3) is 0 Å². The molecule has 2 rings (SSSR count). The average molecular weight is 300 g/mol. The van der Waals surface area contributed by atoms with Gasteiger partial charge in [-0.05, 0) is 49.4 Å². The summed E-state index contributed by atoms with van der Waals surface area (Å²) >= 11 is 0. The van der Waals surface area contributed by atoms with E-state index >= 15 is 0 Å². The van der Waals surface area contributed by atoms with E-state index in [2.05, 4.69) is 4.72 Å². The fourth-order valence-electron chi connectivity index (χ4n) is 2.87. The number of nitrogens with one attached hydrogen (secondary N) is 1. The lowest BCUT2D eigenvalue weighted by Gasteiger charge is -2.23. The summed E-state index contributed by atoms with van der Waals surface area (Å²) in [5.74, 6) is -0.136. The lowest BCUT2D eigenvalue weighted by molar-refractivity contribution is 0.405. The maximum absolute atomic E-state index is 13.1. The Morgan fingerprint density at radius 3 is 2.60 bits per heavy atom. The minimum atomic E-state index is -3.65. The van der Waals surface area contributed by atoms with Crippen molar-refractivity contribution >= 4 is 10.0 Å². The van der Waals surface area contributed by atoms with Gasteiger partial charge >= 0.3 is 0 Å². The van der Waals surface area contributed by atoms with Gasteiger partial charge in [-0.2, -0.15) is 0 Å². The Bertz CT molecular complexity index is 569. The van der Waals surface area contributed by atoms with E-state index in [1.54, 1.807) is 6.92 Å².